The predicted octanol–water partition coefficient (Wildman–Crippen LogP) is 5.76. The van der Waals surface area contributed by atoms with Crippen LogP contribution in [0.1, 0.15) is 96.2 Å². The van der Waals surface area contributed by atoms with Gasteiger partial charge in [0.1, 0.15) is 21.2 Å². The van der Waals surface area contributed by atoms with Gasteiger partial charge in [0.2, 0.25) is 5.88 Å². The molecule has 2 aromatic carbocycles. The van der Waals surface area contributed by atoms with Crippen molar-refractivity contribution in [1.82, 2.24) is 14.5 Å². The topological polar surface area (TPSA) is 135 Å². The number of methoxy groups -OCH3 is 1. The number of benzene rings is 2. The normalized spacial score (nSPS) is 30.9. The van der Waals surface area contributed by atoms with E-state index < -0.39 is 33.1 Å². The molecule has 0 radical (unpaired) electrons. The van der Waals surface area contributed by atoms with Crippen molar-refractivity contribution in [2.45, 2.75) is 88.9 Å². The van der Waals surface area contributed by atoms with Gasteiger partial charge in [0.05, 0.1) is 30.8 Å². The lowest BCUT2D eigenvalue weighted by Gasteiger charge is -2.46. The van der Waals surface area contributed by atoms with Crippen molar-refractivity contribution in [3.05, 3.63) is 70.4 Å². The summed E-state index contributed by atoms with van der Waals surface area (Å²) in [5, 5.41) is 15.0. The number of amides is 2. The maximum Gasteiger partial charge on any atom is 0.286 e. The average Bonchev–Trinajstić information content (AvgIpc) is 3.41. The minimum atomic E-state index is -3.65. The van der Waals surface area contributed by atoms with Crippen molar-refractivity contribution in [2.24, 2.45) is 29.2 Å². The molecule has 1 spiro atoms. The predicted molar refractivity (Wildman–Crippen MR) is 197 cm³/mol. The summed E-state index contributed by atoms with van der Waals surface area (Å²) in [7, 11) is -0.587. The van der Waals surface area contributed by atoms with Crippen LogP contribution in [-0.2, 0) is 28.8 Å². The molecule has 7 rings (SSSR count). The van der Waals surface area contributed by atoms with Crippen molar-refractivity contribution in [2.75, 3.05) is 31.7 Å². The second-order valence-corrected chi connectivity index (χ2v) is 17.7. The Labute approximate surface area is 301 Å². The molecule has 1 aromatic heterocycles. The second kappa shape index (κ2) is 13.9. The summed E-state index contributed by atoms with van der Waals surface area (Å²) in [6, 6.07) is 12.1. The van der Waals surface area contributed by atoms with Crippen molar-refractivity contribution in [3.63, 3.8) is 0 Å². The Bertz CT molecular complexity index is 1950. The number of aliphatic hydroxyl groups excluding tert-OH is 1. The highest BCUT2D eigenvalue weighted by Crippen LogP contribution is 2.47. The molecule has 2 N–H and O–H groups in total. The number of aryl methyl sites for hydroxylation is 3. The van der Waals surface area contributed by atoms with Gasteiger partial charge >= 0.3 is 0 Å². The van der Waals surface area contributed by atoms with E-state index >= 15 is 0 Å². The number of aliphatic hydroxyl groups is 1. The molecule has 3 heterocycles. The van der Waals surface area contributed by atoms with Crippen LogP contribution in [0.5, 0.6) is 11.6 Å². The third-order valence-electron chi connectivity index (χ3n) is 12.1. The standard InChI is InChI=1S/C39H51N5O6S/c1-24-11-15-32-27(18-24)9-7-17-39(32)22-44-20-29-12-14-30(29)34(45)10-6-8-25(2)26(3)51(48,42-37(47)31-21-43(4)40-38(31)49-5)41-36(46)28-13-16-35(50-23-39)33(44)19-28/h11,13,15-16,18-19,21,25-26,29-30,34,45H,6-10,12,14,17,20,22-23H2,1-5H3,(H,41,42,46,47,48)/t25-,26+,29-,30+,34-,39-,51?/m0/s1. The van der Waals surface area contributed by atoms with E-state index in [0.29, 0.717) is 31.1 Å². The SMILES string of the molecule is COc1nn(C)cc1C(=O)NS1(=O)=NC(=O)c2ccc3c(c2)N(C[C@@H]2CC[C@H]2[C@@H](O)CCC[C@H](C)[C@H]1C)C[C@@]1(CCCc2cc(C)ccc21)CO3. The highest BCUT2D eigenvalue weighted by Gasteiger charge is 2.44. The van der Waals surface area contributed by atoms with E-state index in [-0.39, 0.29) is 34.3 Å². The van der Waals surface area contributed by atoms with E-state index in [4.69, 9.17) is 9.47 Å². The fraction of sp³-hybridized carbons (Fsp3) is 0.564. The summed E-state index contributed by atoms with van der Waals surface area (Å²) in [4.78, 5) is 30.1. The van der Waals surface area contributed by atoms with Crippen molar-refractivity contribution < 1.29 is 28.4 Å². The summed E-state index contributed by atoms with van der Waals surface area (Å²) in [5.74, 6) is -0.237. The molecule has 1 saturated carbocycles. The molecule has 1 unspecified atom stereocenters. The molecule has 2 bridgehead atoms. The number of fused-ring (bicyclic) bond motifs is 4. The van der Waals surface area contributed by atoms with Gasteiger partial charge in [-0.2, -0.15) is 0 Å². The fourth-order valence-corrected chi connectivity index (χ4v) is 10.7. The van der Waals surface area contributed by atoms with Gasteiger partial charge in [-0.1, -0.05) is 37.1 Å². The van der Waals surface area contributed by atoms with E-state index in [1.54, 1.807) is 20.0 Å². The van der Waals surface area contributed by atoms with E-state index in [1.807, 2.05) is 19.1 Å². The number of rotatable bonds is 3. The van der Waals surface area contributed by atoms with Crippen LogP contribution in [0.2, 0.25) is 0 Å². The van der Waals surface area contributed by atoms with Crippen LogP contribution >= 0.6 is 0 Å². The molecule has 2 amide bonds. The molecule has 2 aliphatic heterocycles. The molecule has 0 saturated heterocycles. The molecule has 2 aliphatic carbocycles. The van der Waals surface area contributed by atoms with Crippen molar-refractivity contribution in [3.8, 4) is 11.6 Å². The van der Waals surface area contributed by atoms with Crippen LogP contribution in [0.25, 0.3) is 0 Å². The molecule has 12 heteroatoms. The van der Waals surface area contributed by atoms with Gasteiger partial charge < -0.3 is 19.5 Å². The lowest BCUT2D eigenvalue weighted by molar-refractivity contribution is 0.00857. The zero-order chi connectivity index (χ0) is 36.1. The third-order valence-corrected chi connectivity index (χ3v) is 14.4. The smallest absolute Gasteiger partial charge is 0.286 e. The Hall–Kier alpha value is -3.90. The number of anilines is 1. The molecule has 274 valence electrons. The minimum absolute atomic E-state index is 0.0841. The Morgan fingerprint density at radius 2 is 1.94 bits per heavy atom. The van der Waals surface area contributed by atoms with Crippen LogP contribution in [0.3, 0.4) is 0 Å². The first-order chi connectivity index (χ1) is 24.4. The molecular weight excluding hydrogens is 667 g/mol. The first-order valence-corrected chi connectivity index (χ1v) is 20.0. The number of carbonyl (C=O) groups is 2. The van der Waals surface area contributed by atoms with Crippen molar-refractivity contribution in [1.29, 1.82) is 0 Å². The first-order valence-electron chi connectivity index (χ1n) is 18.4. The molecule has 11 nitrogen and oxygen atoms in total. The Morgan fingerprint density at radius 3 is 2.71 bits per heavy atom. The monoisotopic (exact) mass is 717 g/mol. The molecule has 4 aliphatic rings. The van der Waals surface area contributed by atoms with Crippen LogP contribution in [0.15, 0.2) is 47.0 Å². The Kier molecular flexibility index (Phi) is 9.68. The van der Waals surface area contributed by atoms with E-state index in [9.17, 15) is 18.9 Å². The minimum Gasteiger partial charge on any atom is -0.490 e. The molecule has 1 fully saturated rings. The van der Waals surface area contributed by atoms with Gasteiger partial charge in [-0.15, -0.1) is 9.46 Å². The van der Waals surface area contributed by atoms with Gasteiger partial charge in [0, 0.05) is 37.3 Å². The van der Waals surface area contributed by atoms with E-state index in [1.165, 1.54) is 34.7 Å². The van der Waals surface area contributed by atoms with Gasteiger partial charge in [-0.3, -0.25) is 19.0 Å². The fourth-order valence-electron chi connectivity index (χ4n) is 8.77. The number of nitrogens with zero attached hydrogens (tertiary/aromatic N) is 4. The van der Waals surface area contributed by atoms with Gasteiger partial charge in [-0.05, 0) is 106 Å². The summed E-state index contributed by atoms with van der Waals surface area (Å²) < 4.78 is 35.2. The summed E-state index contributed by atoms with van der Waals surface area (Å²) >= 11 is 0. The highest BCUT2D eigenvalue weighted by molar-refractivity contribution is 7.93. The molecule has 51 heavy (non-hydrogen) atoms. The maximum atomic E-state index is 14.8. The van der Waals surface area contributed by atoms with Gasteiger partial charge in [-0.25, -0.2) is 4.21 Å². The Morgan fingerprint density at radius 1 is 1.12 bits per heavy atom. The van der Waals surface area contributed by atoms with Gasteiger partial charge in [0.15, 0.2) is 0 Å². The quantitative estimate of drug-likeness (QED) is 0.350. The van der Waals surface area contributed by atoms with Gasteiger partial charge in [0.25, 0.3) is 11.8 Å². The van der Waals surface area contributed by atoms with E-state index in [2.05, 4.69) is 44.2 Å². The van der Waals surface area contributed by atoms with Crippen LogP contribution in [0.4, 0.5) is 5.69 Å². The van der Waals surface area contributed by atoms with Crippen LogP contribution < -0.4 is 19.1 Å². The lowest BCUT2D eigenvalue weighted by atomic mass is 9.68. The number of hydrogen-bond donors (Lipinski definition) is 2. The third kappa shape index (κ3) is 6.77. The first kappa shape index (κ1) is 35.5. The lowest BCUT2D eigenvalue weighted by Crippen LogP contribution is -2.49. The number of aromatic nitrogens is 2. The van der Waals surface area contributed by atoms with Crippen LogP contribution in [0, 0.1) is 24.7 Å². The van der Waals surface area contributed by atoms with Crippen molar-refractivity contribution >= 4 is 27.4 Å². The van der Waals surface area contributed by atoms with E-state index in [0.717, 1.165) is 57.3 Å². The zero-order valence-electron chi connectivity index (χ0n) is 30.4. The summed E-state index contributed by atoms with van der Waals surface area (Å²) in [6.45, 7) is 7.84. The maximum absolute atomic E-state index is 14.8. The molecule has 7 atom stereocenters. The molecular formula is C39H51N5O6S. The average molecular weight is 718 g/mol. The number of ether oxygens (including phenoxy) is 2. The molecule has 3 aromatic rings. The van der Waals surface area contributed by atoms with Crippen LogP contribution in [-0.4, -0.2) is 69.1 Å². The largest absolute Gasteiger partial charge is 0.490 e. The second-order valence-electron chi connectivity index (χ2n) is 15.5. The number of hydrogen-bond acceptors (Lipinski definition) is 8. The number of carbonyl (C=O) groups excluding carboxylic acids is 2. The summed E-state index contributed by atoms with van der Waals surface area (Å²) in [5.41, 5.74) is 4.91. The zero-order valence-corrected chi connectivity index (χ0v) is 31.2. The Balaban J connectivity index is 1.31. The summed E-state index contributed by atoms with van der Waals surface area (Å²) in [6.07, 6.45) is 8.20. The number of nitrogens with one attached hydrogen (secondary N) is 1. The highest BCUT2D eigenvalue weighted by atomic mass is 32.2.